The fourth-order valence-electron chi connectivity index (χ4n) is 1.75. The first-order valence-corrected chi connectivity index (χ1v) is 8.62. The van der Waals surface area contributed by atoms with Crippen LogP contribution in [0.5, 0.6) is 0 Å². The number of nitriles is 3. The molecule has 1 atom stereocenters. The number of hydrogen-bond acceptors (Lipinski definition) is 9. The summed E-state index contributed by atoms with van der Waals surface area (Å²) >= 11 is 0. The molecule has 10 heteroatoms. The summed E-state index contributed by atoms with van der Waals surface area (Å²) in [5.74, 6) is 0. The van der Waals surface area contributed by atoms with Gasteiger partial charge in [-0.1, -0.05) is 0 Å². The second kappa shape index (κ2) is 11.6. The molecule has 0 aromatic carbocycles. The third-order valence-electron chi connectivity index (χ3n) is 2.39. The minimum absolute atomic E-state index is 0.00981. The molecule has 0 aliphatic heterocycles. The van der Waals surface area contributed by atoms with Crippen molar-refractivity contribution in [1.29, 1.82) is 15.8 Å². The lowest BCUT2D eigenvalue weighted by atomic mass is 10.4. The maximum Gasteiger partial charge on any atom is 0.505 e. The van der Waals surface area contributed by atoms with E-state index in [-0.39, 0.29) is 6.04 Å². The molecule has 0 radical (unpaired) electrons. The third-order valence-corrected chi connectivity index (χ3v) is 5.48. The standard InChI is InChI=1S/C12H19N3O6Si/c1-4-19-22(20-5-2,21-6-3)7-11(16-8-13)12(17-9-14)18-10-15/h11-12H,4-7H2,1-3H3. The van der Waals surface area contributed by atoms with Gasteiger partial charge in [-0.15, -0.1) is 0 Å². The van der Waals surface area contributed by atoms with Crippen molar-refractivity contribution < 1.29 is 27.5 Å². The van der Waals surface area contributed by atoms with Gasteiger partial charge in [-0.3, -0.25) is 0 Å². The Bertz CT molecular complexity index is 397. The van der Waals surface area contributed by atoms with Crippen molar-refractivity contribution in [2.75, 3.05) is 19.8 Å². The highest BCUT2D eigenvalue weighted by Gasteiger charge is 2.47. The molecule has 0 saturated carbocycles. The van der Waals surface area contributed by atoms with Gasteiger partial charge in [-0.05, 0) is 20.8 Å². The summed E-state index contributed by atoms with van der Waals surface area (Å²) in [6.45, 7) is 6.30. The minimum Gasteiger partial charge on any atom is -0.416 e. The first-order valence-electron chi connectivity index (χ1n) is 6.69. The molecule has 0 N–H and O–H groups in total. The quantitative estimate of drug-likeness (QED) is 0.295. The second-order valence-corrected chi connectivity index (χ2v) is 6.36. The van der Waals surface area contributed by atoms with Crippen LogP contribution in [0.1, 0.15) is 20.8 Å². The van der Waals surface area contributed by atoms with Crippen molar-refractivity contribution in [3.8, 4) is 18.8 Å². The average Bonchev–Trinajstić information content (AvgIpc) is 2.47. The Morgan fingerprint density at radius 1 is 0.773 bits per heavy atom. The van der Waals surface area contributed by atoms with Crippen molar-refractivity contribution in [3.05, 3.63) is 0 Å². The summed E-state index contributed by atoms with van der Waals surface area (Å²) in [6, 6.07) is -0.00981. The largest absolute Gasteiger partial charge is 0.505 e. The summed E-state index contributed by atoms with van der Waals surface area (Å²) in [5.41, 5.74) is 0. The Kier molecular flexibility index (Phi) is 10.5. The van der Waals surface area contributed by atoms with E-state index in [1.54, 1.807) is 20.8 Å². The number of hydrogen-bond donors (Lipinski definition) is 0. The Morgan fingerprint density at radius 3 is 1.50 bits per heavy atom. The normalized spacial score (nSPS) is 11.9. The van der Waals surface area contributed by atoms with E-state index in [9.17, 15) is 0 Å². The van der Waals surface area contributed by atoms with E-state index < -0.39 is 21.2 Å². The molecule has 9 nitrogen and oxygen atoms in total. The molecule has 0 saturated heterocycles. The number of rotatable bonds is 12. The van der Waals surface area contributed by atoms with E-state index in [0.29, 0.717) is 19.8 Å². The maximum absolute atomic E-state index is 8.75. The zero-order valence-corrected chi connectivity index (χ0v) is 13.8. The summed E-state index contributed by atoms with van der Waals surface area (Å²) in [5, 5.41) is 26.0. The van der Waals surface area contributed by atoms with E-state index in [1.807, 2.05) is 0 Å². The first kappa shape index (κ1) is 20.0. The fraction of sp³-hybridized carbons (Fsp3) is 0.750. The van der Waals surface area contributed by atoms with Gasteiger partial charge in [0, 0.05) is 19.8 Å². The van der Waals surface area contributed by atoms with E-state index in [4.69, 9.17) is 33.8 Å². The maximum atomic E-state index is 8.75. The molecular weight excluding hydrogens is 310 g/mol. The highest BCUT2D eigenvalue weighted by molar-refractivity contribution is 6.60. The molecule has 0 rings (SSSR count). The van der Waals surface area contributed by atoms with E-state index in [0.717, 1.165) is 0 Å². The van der Waals surface area contributed by atoms with Crippen LogP contribution in [-0.2, 0) is 27.5 Å². The van der Waals surface area contributed by atoms with Gasteiger partial charge in [0.05, 0.1) is 6.04 Å². The molecule has 122 valence electrons. The Balaban J connectivity index is 5.30. The van der Waals surface area contributed by atoms with Crippen LogP contribution in [0.15, 0.2) is 0 Å². The van der Waals surface area contributed by atoms with Crippen LogP contribution in [0, 0.1) is 34.6 Å². The van der Waals surface area contributed by atoms with Crippen LogP contribution in [-0.4, -0.2) is 41.0 Å². The summed E-state index contributed by atoms with van der Waals surface area (Å²) < 4.78 is 31.0. The second-order valence-electron chi connectivity index (χ2n) is 3.72. The number of ether oxygens (including phenoxy) is 3. The van der Waals surface area contributed by atoms with Crippen LogP contribution in [0.2, 0.25) is 6.04 Å². The monoisotopic (exact) mass is 329 g/mol. The Labute approximate surface area is 130 Å². The highest BCUT2D eigenvalue weighted by atomic mass is 28.4. The fourth-order valence-corrected chi connectivity index (χ4v) is 4.44. The molecule has 0 bridgehead atoms. The Hall–Kier alpha value is -2.03. The molecule has 0 spiro atoms. The van der Waals surface area contributed by atoms with Crippen LogP contribution >= 0.6 is 0 Å². The molecule has 1 unspecified atom stereocenters. The van der Waals surface area contributed by atoms with Gasteiger partial charge in [-0.25, -0.2) is 0 Å². The van der Waals surface area contributed by atoms with Crippen molar-refractivity contribution in [2.45, 2.75) is 39.2 Å². The van der Waals surface area contributed by atoms with Crippen molar-refractivity contribution in [2.24, 2.45) is 0 Å². The highest BCUT2D eigenvalue weighted by Crippen LogP contribution is 2.23. The molecule has 22 heavy (non-hydrogen) atoms. The predicted octanol–water partition coefficient (Wildman–Crippen LogP) is 1.22. The first-order chi connectivity index (χ1) is 10.6. The SMILES string of the molecule is CCO[Si](CC(OC#N)C(OC#N)OC#N)(OCC)OCC. The van der Waals surface area contributed by atoms with Gasteiger partial charge in [0.15, 0.2) is 6.10 Å². The average molecular weight is 329 g/mol. The van der Waals surface area contributed by atoms with Gasteiger partial charge < -0.3 is 27.5 Å². The van der Waals surface area contributed by atoms with E-state index >= 15 is 0 Å². The van der Waals surface area contributed by atoms with E-state index in [1.165, 1.54) is 18.8 Å². The van der Waals surface area contributed by atoms with Crippen LogP contribution in [0.3, 0.4) is 0 Å². The van der Waals surface area contributed by atoms with Crippen molar-refractivity contribution in [1.82, 2.24) is 0 Å². The summed E-state index contributed by atoms with van der Waals surface area (Å²) in [4.78, 5) is 0. The van der Waals surface area contributed by atoms with Crippen molar-refractivity contribution in [3.63, 3.8) is 0 Å². The molecule has 0 heterocycles. The topological polar surface area (TPSA) is 127 Å². The lowest BCUT2D eigenvalue weighted by Crippen LogP contribution is -2.51. The number of nitrogens with zero attached hydrogens (tertiary/aromatic N) is 3. The van der Waals surface area contributed by atoms with Crippen LogP contribution in [0.4, 0.5) is 0 Å². The lowest BCUT2D eigenvalue weighted by molar-refractivity contribution is -0.119. The Morgan fingerprint density at radius 2 is 1.18 bits per heavy atom. The summed E-state index contributed by atoms with van der Waals surface area (Å²) in [6.07, 6.45) is 1.82. The molecule has 0 aliphatic rings. The van der Waals surface area contributed by atoms with Gasteiger partial charge in [0.25, 0.3) is 18.8 Å². The molecule has 0 fully saturated rings. The molecular formula is C12H19N3O6Si. The van der Waals surface area contributed by atoms with Gasteiger partial charge in [-0.2, -0.15) is 15.8 Å². The van der Waals surface area contributed by atoms with Gasteiger partial charge in [0.1, 0.15) is 0 Å². The zero-order chi connectivity index (χ0) is 16.8. The molecule has 0 aromatic rings. The minimum atomic E-state index is -3.17. The summed E-state index contributed by atoms with van der Waals surface area (Å²) in [7, 11) is -3.17. The lowest BCUT2D eigenvalue weighted by Gasteiger charge is -2.31. The molecule has 0 aromatic heterocycles. The molecule has 0 aliphatic carbocycles. The third kappa shape index (κ3) is 6.61. The van der Waals surface area contributed by atoms with Gasteiger partial charge >= 0.3 is 15.1 Å². The predicted molar refractivity (Wildman–Crippen MR) is 73.1 cm³/mol. The van der Waals surface area contributed by atoms with Crippen LogP contribution < -0.4 is 0 Å². The van der Waals surface area contributed by atoms with Gasteiger partial charge in [0.2, 0.25) is 0 Å². The molecule has 0 amide bonds. The van der Waals surface area contributed by atoms with Crippen molar-refractivity contribution >= 4 is 8.80 Å². The zero-order valence-electron chi connectivity index (χ0n) is 12.8. The smallest absolute Gasteiger partial charge is 0.416 e. The van der Waals surface area contributed by atoms with Crippen LogP contribution in [0.25, 0.3) is 0 Å². The van der Waals surface area contributed by atoms with E-state index in [2.05, 4.69) is 9.47 Å².